The van der Waals surface area contributed by atoms with E-state index in [4.69, 9.17) is 15.0 Å². The molecule has 0 saturated heterocycles. The van der Waals surface area contributed by atoms with Gasteiger partial charge in [0.25, 0.3) is 0 Å². The fourth-order valence-corrected chi connectivity index (χ4v) is 6.95. The van der Waals surface area contributed by atoms with Gasteiger partial charge in [0, 0.05) is 28.5 Å². The fourth-order valence-electron chi connectivity index (χ4n) is 6.95. The summed E-state index contributed by atoms with van der Waals surface area (Å²) in [5.41, 5.74) is 11.3. The average molecular weight is 638 g/mol. The Morgan fingerprint density at radius 1 is 0.320 bits per heavy atom. The topological polar surface area (TPSA) is 38.7 Å². The van der Waals surface area contributed by atoms with E-state index in [0.717, 1.165) is 56.0 Å². The van der Waals surface area contributed by atoms with E-state index in [1.807, 2.05) is 30.5 Å². The van der Waals surface area contributed by atoms with Crippen LogP contribution >= 0.6 is 0 Å². The Hall–Kier alpha value is -6.71. The highest BCUT2D eigenvalue weighted by molar-refractivity contribution is 6.13. The molecular weight excluding hydrogens is 607 g/mol. The highest BCUT2D eigenvalue weighted by atomic mass is 14.9. The Balaban J connectivity index is 1.36. The highest BCUT2D eigenvalue weighted by Gasteiger charge is 2.18. The second-order valence-electron chi connectivity index (χ2n) is 12.4. The first-order chi connectivity index (χ1) is 24.8. The van der Waals surface area contributed by atoms with Crippen molar-refractivity contribution >= 4 is 21.5 Å². The molecular formula is C47H31N3. The summed E-state index contributed by atoms with van der Waals surface area (Å²) in [6.07, 6.45) is 1.85. The van der Waals surface area contributed by atoms with Gasteiger partial charge in [-0.2, -0.15) is 0 Å². The second kappa shape index (κ2) is 12.7. The van der Waals surface area contributed by atoms with E-state index in [9.17, 15) is 0 Å². The third kappa shape index (κ3) is 5.51. The van der Waals surface area contributed by atoms with Crippen molar-refractivity contribution in [1.29, 1.82) is 0 Å². The first-order valence-electron chi connectivity index (χ1n) is 16.9. The third-order valence-corrected chi connectivity index (χ3v) is 9.30. The predicted molar refractivity (Wildman–Crippen MR) is 207 cm³/mol. The van der Waals surface area contributed by atoms with Crippen LogP contribution in [0, 0.1) is 0 Å². The second-order valence-corrected chi connectivity index (χ2v) is 12.4. The van der Waals surface area contributed by atoms with Crippen LogP contribution in [0.3, 0.4) is 0 Å². The Bertz CT molecular complexity index is 2520. The largest absolute Gasteiger partial charge is 0.256 e. The van der Waals surface area contributed by atoms with Gasteiger partial charge < -0.3 is 0 Å². The van der Waals surface area contributed by atoms with Gasteiger partial charge in [-0.05, 0) is 86.3 Å². The molecule has 0 fully saturated rings. The molecule has 2 aromatic heterocycles. The van der Waals surface area contributed by atoms with Crippen LogP contribution in [0.5, 0.6) is 0 Å². The van der Waals surface area contributed by atoms with Crippen LogP contribution in [0.4, 0.5) is 0 Å². The van der Waals surface area contributed by atoms with Gasteiger partial charge in [-0.1, -0.05) is 140 Å². The fraction of sp³-hybridized carbons (Fsp3) is 0. The van der Waals surface area contributed by atoms with Crippen LogP contribution in [-0.4, -0.2) is 15.0 Å². The summed E-state index contributed by atoms with van der Waals surface area (Å²) in [4.78, 5) is 15.2. The van der Waals surface area contributed by atoms with Crippen LogP contribution < -0.4 is 0 Å². The maximum absolute atomic E-state index is 5.25. The van der Waals surface area contributed by atoms with Gasteiger partial charge in [-0.15, -0.1) is 0 Å². The summed E-state index contributed by atoms with van der Waals surface area (Å²) < 4.78 is 0. The zero-order chi connectivity index (χ0) is 33.3. The van der Waals surface area contributed by atoms with E-state index in [2.05, 4.69) is 158 Å². The minimum atomic E-state index is 0.674. The van der Waals surface area contributed by atoms with Crippen molar-refractivity contribution in [3.05, 3.63) is 188 Å². The molecule has 9 aromatic rings. The van der Waals surface area contributed by atoms with Gasteiger partial charge in [0.1, 0.15) is 0 Å². The number of rotatable bonds is 6. The van der Waals surface area contributed by atoms with Gasteiger partial charge in [-0.25, -0.2) is 9.97 Å². The van der Waals surface area contributed by atoms with E-state index in [-0.39, 0.29) is 0 Å². The Morgan fingerprint density at radius 2 is 0.840 bits per heavy atom. The molecule has 2 heterocycles. The van der Waals surface area contributed by atoms with Crippen LogP contribution in [-0.2, 0) is 0 Å². The van der Waals surface area contributed by atoms with E-state index < -0.39 is 0 Å². The summed E-state index contributed by atoms with van der Waals surface area (Å²) in [5, 5.41) is 4.82. The van der Waals surface area contributed by atoms with Crippen molar-refractivity contribution in [2.75, 3.05) is 0 Å². The first kappa shape index (κ1) is 29.4. The number of fused-ring (bicyclic) bond motifs is 2. The van der Waals surface area contributed by atoms with Gasteiger partial charge in [0.15, 0.2) is 5.82 Å². The Labute approximate surface area is 291 Å². The molecule has 0 aliphatic carbocycles. The lowest BCUT2D eigenvalue weighted by atomic mass is 9.88. The highest BCUT2D eigenvalue weighted by Crippen LogP contribution is 2.42. The van der Waals surface area contributed by atoms with Crippen molar-refractivity contribution < 1.29 is 0 Å². The molecule has 0 bridgehead atoms. The van der Waals surface area contributed by atoms with Gasteiger partial charge >= 0.3 is 0 Å². The van der Waals surface area contributed by atoms with Crippen molar-refractivity contribution in [2.24, 2.45) is 0 Å². The molecule has 0 spiro atoms. The third-order valence-electron chi connectivity index (χ3n) is 9.30. The van der Waals surface area contributed by atoms with Crippen LogP contribution in [0.1, 0.15) is 0 Å². The monoisotopic (exact) mass is 637 g/mol. The van der Waals surface area contributed by atoms with Crippen LogP contribution in [0.25, 0.3) is 89.0 Å². The van der Waals surface area contributed by atoms with E-state index >= 15 is 0 Å². The quantitative estimate of drug-likeness (QED) is 0.170. The molecule has 7 aromatic carbocycles. The molecule has 0 aliphatic heterocycles. The lowest BCUT2D eigenvalue weighted by Gasteiger charge is -2.17. The molecule has 0 unspecified atom stereocenters. The number of nitrogens with zero attached hydrogens (tertiary/aromatic N) is 3. The van der Waals surface area contributed by atoms with E-state index in [0.29, 0.717) is 5.82 Å². The van der Waals surface area contributed by atoms with Crippen molar-refractivity contribution in [1.82, 2.24) is 15.0 Å². The standard InChI is InChI=1S/C47H31N3/c1-3-15-32(16-4-1)44-31-45(33-17-5-2-6-18-33)50-47(49-44)38-29-36(39-21-11-12-24-42(39)43-25-13-14-26-48-43)28-37(30-38)46-40-22-9-7-19-34(40)27-35-20-8-10-23-41(35)46/h1-31H. The number of aromatic nitrogens is 3. The van der Waals surface area contributed by atoms with Gasteiger partial charge in [0.05, 0.1) is 17.1 Å². The zero-order valence-electron chi connectivity index (χ0n) is 27.2. The minimum absolute atomic E-state index is 0.674. The summed E-state index contributed by atoms with van der Waals surface area (Å²) >= 11 is 0. The summed E-state index contributed by atoms with van der Waals surface area (Å²) in [6.45, 7) is 0. The van der Waals surface area contributed by atoms with Crippen molar-refractivity contribution in [3.63, 3.8) is 0 Å². The molecule has 0 radical (unpaired) electrons. The molecule has 0 atom stereocenters. The summed E-state index contributed by atoms with van der Waals surface area (Å²) in [5.74, 6) is 0.674. The normalized spacial score (nSPS) is 11.2. The predicted octanol–water partition coefficient (Wildman–Crippen LogP) is 12.2. The molecule has 50 heavy (non-hydrogen) atoms. The number of pyridine rings is 1. The van der Waals surface area contributed by atoms with E-state index in [1.54, 1.807) is 0 Å². The van der Waals surface area contributed by atoms with Crippen molar-refractivity contribution in [2.45, 2.75) is 0 Å². The Morgan fingerprint density at radius 3 is 1.46 bits per heavy atom. The van der Waals surface area contributed by atoms with Gasteiger partial charge in [0.2, 0.25) is 0 Å². The van der Waals surface area contributed by atoms with Crippen LogP contribution in [0.2, 0.25) is 0 Å². The summed E-state index contributed by atoms with van der Waals surface area (Å²) in [6, 6.07) is 63.8. The first-order valence-corrected chi connectivity index (χ1v) is 16.9. The molecule has 0 aliphatic rings. The summed E-state index contributed by atoms with van der Waals surface area (Å²) in [7, 11) is 0. The molecule has 3 nitrogen and oxygen atoms in total. The molecule has 0 amide bonds. The molecule has 3 heteroatoms. The lowest BCUT2D eigenvalue weighted by Crippen LogP contribution is -1.97. The lowest BCUT2D eigenvalue weighted by molar-refractivity contribution is 1.18. The number of hydrogen-bond donors (Lipinski definition) is 0. The minimum Gasteiger partial charge on any atom is -0.256 e. The van der Waals surface area contributed by atoms with E-state index in [1.165, 1.54) is 27.1 Å². The molecule has 0 saturated carbocycles. The van der Waals surface area contributed by atoms with Crippen LogP contribution in [0.15, 0.2) is 188 Å². The maximum atomic E-state index is 5.25. The average Bonchev–Trinajstić information content (AvgIpc) is 3.20. The van der Waals surface area contributed by atoms with Gasteiger partial charge in [-0.3, -0.25) is 4.98 Å². The maximum Gasteiger partial charge on any atom is 0.160 e. The van der Waals surface area contributed by atoms with Crippen molar-refractivity contribution in [3.8, 4) is 67.4 Å². The smallest absolute Gasteiger partial charge is 0.160 e. The number of hydrogen-bond acceptors (Lipinski definition) is 3. The molecule has 234 valence electrons. The molecule has 0 N–H and O–H groups in total. The zero-order valence-corrected chi connectivity index (χ0v) is 27.2. The SMILES string of the molecule is c1ccc(-c2cc(-c3ccccc3)nc(-c3cc(-c4ccccc4-c4ccccn4)cc(-c4c5ccccc5cc5ccccc45)c3)n2)cc1. The Kier molecular flexibility index (Phi) is 7.49. The number of benzene rings is 7. The molecule has 9 rings (SSSR count).